The van der Waals surface area contributed by atoms with E-state index in [0.29, 0.717) is 5.92 Å². The number of piperidine rings is 1. The lowest BCUT2D eigenvalue weighted by Gasteiger charge is -2.34. The normalized spacial score (nSPS) is 20.8. The van der Waals surface area contributed by atoms with Crippen LogP contribution in [0.1, 0.15) is 65.2 Å². The van der Waals surface area contributed by atoms with E-state index >= 15 is 0 Å². The number of hydrogen-bond donors (Lipinski definition) is 1. The number of carbonyl (C=O) groups is 1. The lowest BCUT2D eigenvalue weighted by molar-refractivity contribution is -0.125. The third kappa shape index (κ3) is 4.98. The fourth-order valence-electron chi connectivity index (χ4n) is 5.11. The minimum Gasteiger partial charge on any atom is -0.356 e. The summed E-state index contributed by atoms with van der Waals surface area (Å²) in [5.41, 5.74) is 2.31. The molecule has 2 heterocycles. The molecule has 1 saturated carbocycles. The van der Waals surface area contributed by atoms with Crippen LogP contribution in [0, 0.1) is 17.8 Å². The molecule has 1 saturated heterocycles. The molecule has 1 aromatic heterocycles. The summed E-state index contributed by atoms with van der Waals surface area (Å²) < 4.78 is 2.45. The molecule has 1 aliphatic heterocycles. The predicted octanol–water partition coefficient (Wildman–Crippen LogP) is 5.00. The van der Waals surface area contributed by atoms with E-state index in [1.54, 1.807) is 0 Å². The Morgan fingerprint density at radius 1 is 1.13 bits per heavy atom. The van der Waals surface area contributed by atoms with Crippen LogP contribution in [-0.4, -0.2) is 35.1 Å². The number of carbonyl (C=O) groups excluding carboxylic acids is 1. The van der Waals surface area contributed by atoms with Crippen LogP contribution in [0.4, 0.5) is 5.95 Å². The molecule has 4 rings (SSSR count). The van der Waals surface area contributed by atoms with E-state index in [1.807, 2.05) is 0 Å². The Balaban J connectivity index is 1.51. The average molecular weight is 411 g/mol. The number of fused-ring (bicyclic) bond motifs is 1. The fourth-order valence-corrected chi connectivity index (χ4v) is 5.11. The van der Waals surface area contributed by atoms with E-state index < -0.39 is 0 Å². The first-order chi connectivity index (χ1) is 14.6. The van der Waals surface area contributed by atoms with Crippen LogP contribution in [0.15, 0.2) is 24.3 Å². The highest BCUT2D eigenvalue weighted by molar-refractivity contribution is 5.81. The number of aromatic nitrogens is 2. The number of nitrogens with zero attached hydrogens (tertiary/aromatic N) is 3. The number of hydrogen-bond acceptors (Lipinski definition) is 3. The lowest BCUT2D eigenvalue weighted by Crippen LogP contribution is -2.44. The summed E-state index contributed by atoms with van der Waals surface area (Å²) in [5.74, 6) is 2.72. The van der Waals surface area contributed by atoms with Gasteiger partial charge in [-0.3, -0.25) is 4.79 Å². The summed E-state index contributed by atoms with van der Waals surface area (Å²) in [4.78, 5) is 20.2. The first kappa shape index (κ1) is 21.2. The van der Waals surface area contributed by atoms with Gasteiger partial charge >= 0.3 is 0 Å². The Kier molecular flexibility index (Phi) is 6.96. The molecule has 0 radical (unpaired) electrons. The van der Waals surface area contributed by atoms with E-state index in [2.05, 4.69) is 52.9 Å². The lowest BCUT2D eigenvalue weighted by atomic mass is 9.89. The molecule has 1 atom stereocenters. The third-order valence-electron chi connectivity index (χ3n) is 6.90. The standard InChI is InChI=1S/C25H38N4O/c1-19(2)14-15-26-24(30)21-11-8-16-28(18-21)25-27-22-12-6-7-13-23(22)29(25)17-20-9-4-3-5-10-20/h6-7,12-13,19-21H,3-5,8-11,14-18H2,1-2H3,(H,26,30)/t21-/m0/s1. The van der Waals surface area contributed by atoms with E-state index in [9.17, 15) is 4.79 Å². The number of nitrogens with one attached hydrogen (secondary N) is 1. The number of para-hydroxylation sites is 2. The van der Waals surface area contributed by atoms with Gasteiger partial charge in [-0.05, 0) is 56.1 Å². The summed E-state index contributed by atoms with van der Waals surface area (Å²) in [5, 5.41) is 3.17. The van der Waals surface area contributed by atoms with Crippen molar-refractivity contribution in [3.63, 3.8) is 0 Å². The van der Waals surface area contributed by atoms with Crippen LogP contribution < -0.4 is 10.2 Å². The molecule has 5 nitrogen and oxygen atoms in total. The second kappa shape index (κ2) is 9.84. The molecular weight excluding hydrogens is 372 g/mol. The summed E-state index contributed by atoms with van der Waals surface area (Å²) in [6, 6.07) is 8.52. The molecule has 0 bridgehead atoms. The zero-order valence-electron chi connectivity index (χ0n) is 18.8. The van der Waals surface area contributed by atoms with E-state index in [1.165, 1.54) is 37.6 Å². The van der Waals surface area contributed by atoms with Gasteiger partial charge in [0.25, 0.3) is 0 Å². The second-order valence-electron chi connectivity index (χ2n) is 9.77. The Morgan fingerprint density at radius 3 is 2.73 bits per heavy atom. The number of imidazole rings is 1. The third-order valence-corrected chi connectivity index (χ3v) is 6.90. The van der Waals surface area contributed by atoms with Crippen molar-refractivity contribution in [1.82, 2.24) is 14.9 Å². The Hall–Kier alpha value is -2.04. The highest BCUT2D eigenvalue weighted by Crippen LogP contribution is 2.31. The number of amides is 1. The van der Waals surface area contributed by atoms with Gasteiger partial charge in [0.1, 0.15) is 0 Å². The molecule has 2 aromatic rings. The Labute approximate surface area is 181 Å². The molecule has 1 amide bonds. The fraction of sp³-hybridized carbons (Fsp3) is 0.680. The average Bonchev–Trinajstić information content (AvgIpc) is 3.13. The molecule has 30 heavy (non-hydrogen) atoms. The number of benzene rings is 1. The zero-order valence-corrected chi connectivity index (χ0v) is 18.8. The molecule has 5 heteroatoms. The molecule has 0 spiro atoms. The highest BCUT2D eigenvalue weighted by Gasteiger charge is 2.29. The van der Waals surface area contributed by atoms with Crippen LogP contribution in [0.3, 0.4) is 0 Å². The number of anilines is 1. The van der Waals surface area contributed by atoms with Crippen molar-refractivity contribution >= 4 is 22.9 Å². The first-order valence-corrected chi connectivity index (χ1v) is 12.1. The van der Waals surface area contributed by atoms with Crippen molar-refractivity contribution in [2.45, 2.75) is 71.8 Å². The van der Waals surface area contributed by atoms with Gasteiger partial charge in [-0.15, -0.1) is 0 Å². The minimum absolute atomic E-state index is 0.0638. The van der Waals surface area contributed by atoms with Gasteiger partial charge in [0.05, 0.1) is 17.0 Å². The Morgan fingerprint density at radius 2 is 1.93 bits per heavy atom. The SMILES string of the molecule is CC(C)CCNC(=O)[C@H]1CCCN(c2nc3ccccc3n2CC2CCCCC2)C1. The van der Waals surface area contributed by atoms with Crippen LogP contribution >= 0.6 is 0 Å². The summed E-state index contributed by atoms with van der Waals surface area (Å²) in [6.45, 7) is 8.01. The van der Waals surface area contributed by atoms with Gasteiger partial charge in [0.15, 0.2) is 0 Å². The molecular formula is C25H38N4O. The summed E-state index contributed by atoms with van der Waals surface area (Å²) in [6.07, 6.45) is 9.82. The predicted molar refractivity (Wildman–Crippen MR) is 124 cm³/mol. The smallest absolute Gasteiger partial charge is 0.224 e. The Bertz CT molecular complexity index is 837. The summed E-state index contributed by atoms with van der Waals surface area (Å²) in [7, 11) is 0. The van der Waals surface area contributed by atoms with Crippen molar-refractivity contribution in [2.75, 3.05) is 24.5 Å². The van der Waals surface area contributed by atoms with Crippen LogP contribution in [0.2, 0.25) is 0 Å². The van der Waals surface area contributed by atoms with E-state index in [0.717, 1.165) is 62.8 Å². The molecule has 164 valence electrons. The molecule has 2 aliphatic rings. The van der Waals surface area contributed by atoms with E-state index in [4.69, 9.17) is 4.98 Å². The van der Waals surface area contributed by atoms with Crippen molar-refractivity contribution in [3.8, 4) is 0 Å². The van der Waals surface area contributed by atoms with Crippen LogP contribution in [0.5, 0.6) is 0 Å². The number of rotatable bonds is 7. The van der Waals surface area contributed by atoms with Gasteiger partial charge in [0, 0.05) is 26.2 Å². The van der Waals surface area contributed by atoms with Crippen molar-refractivity contribution in [1.29, 1.82) is 0 Å². The molecule has 1 aromatic carbocycles. The van der Waals surface area contributed by atoms with Crippen molar-refractivity contribution in [3.05, 3.63) is 24.3 Å². The van der Waals surface area contributed by atoms with Gasteiger partial charge < -0.3 is 14.8 Å². The largest absolute Gasteiger partial charge is 0.356 e. The molecule has 0 unspecified atom stereocenters. The van der Waals surface area contributed by atoms with Crippen molar-refractivity contribution in [2.24, 2.45) is 17.8 Å². The maximum Gasteiger partial charge on any atom is 0.224 e. The van der Waals surface area contributed by atoms with Gasteiger partial charge in [-0.25, -0.2) is 4.98 Å². The second-order valence-corrected chi connectivity index (χ2v) is 9.77. The first-order valence-electron chi connectivity index (χ1n) is 12.1. The topological polar surface area (TPSA) is 50.2 Å². The van der Waals surface area contributed by atoms with Crippen molar-refractivity contribution < 1.29 is 4.79 Å². The van der Waals surface area contributed by atoms with Gasteiger partial charge in [-0.1, -0.05) is 45.2 Å². The van der Waals surface area contributed by atoms with E-state index in [-0.39, 0.29) is 11.8 Å². The van der Waals surface area contributed by atoms with Crippen LogP contribution in [0.25, 0.3) is 11.0 Å². The maximum absolute atomic E-state index is 12.8. The molecule has 2 fully saturated rings. The van der Waals surface area contributed by atoms with Gasteiger partial charge in [-0.2, -0.15) is 0 Å². The monoisotopic (exact) mass is 410 g/mol. The van der Waals surface area contributed by atoms with Crippen LogP contribution in [-0.2, 0) is 11.3 Å². The molecule has 1 aliphatic carbocycles. The zero-order chi connectivity index (χ0) is 20.9. The van der Waals surface area contributed by atoms with Gasteiger partial charge in [0.2, 0.25) is 11.9 Å². The molecule has 1 N–H and O–H groups in total. The quantitative estimate of drug-likeness (QED) is 0.699. The summed E-state index contributed by atoms with van der Waals surface area (Å²) >= 11 is 0. The highest BCUT2D eigenvalue weighted by atomic mass is 16.1. The minimum atomic E-state index is 0.0638. The maximum atomic E-state index is 12.8.